The number of aliphatic hydroxyl groups excluding tert-OH is 1. The normalized spacial score (nSPS) is 41.0. The van der Waals surface area contributed by atoms with Crippen molar-refractivity contribution in [2.45, 2.75) is 80.1 Å². The summed E-state index contributed by atoms with van der Waals surface area (Å²) in [6.45, 7) is 0. The van der Waals surface area contributed by atoms with E-state index in [1.54, 1.807) is 0 Å². The summed E-state index contributed by atoms with van der Waals surface area (Å²) >= 11 is 3.80. The SMILES string of the molecule is CN1C(=CC2=C([O-])C(=CC3=[N+](C)C4CCCCC4S3)C2O)SC2CCCCC21. The number of thioether (sulfide) groups is 2. The van der Waals surface area contributed by atoms with Crippen LogP contribution in [0.4, 0.5) is 0 Å². The van der Waals surface area contributed by atoms with Crippen molar-refractivity contribution in [2.75, 3.05) is 14.1 Å². The Morgan fingerprint density at radius 1 is 1.04 bits per heavy atom. The first kappa shape index (κ1) is 19.1. The number of aliphatic hydroxyl groups is 1. The van der Waals surface area contributed by atoms with Crippen LogP contribution in [0.2, 0.25) is 0 Å². The average molecular weight is 419 g/mol. The first-order valence-corrected chi connectivity index (χ1v) is 12.5. The van der Waals surface area contributed by atoms with Gasteiger partial charge in [-0.1, -0.05) is 25.0 Å². The Labute approximate surface area is 176 Å². The number of fused-ring (bicyclic) bond motifs is 2. The lowest BCUT2D eigenvalue weighted by molar-refractivity contribution is -0.533. The van der Waals surface area contributed by atoms with Crippen molar-refractivity contribution in [3.05, 3.63) is 34.1 Å². The van der Waals surface area contributed by atoms with E-state index in [1.165, 1.54) is 51.4 Å². The molecule has 0 bridgehead atoms. The molecule has 0 amide bonds. The van der Waals surface area contributed by atoms with Crippen LogP contribution in [0, 0.1) is 0 Å². The van der Waals surface area contributed by atoms with Crippen molar-refractivity contribution in [2.24, 2.45) is 0 Å². The molecule has 0 aromatic carbocycles. The zero-order valence-corrected chi connectivity index (χ0v) is 18.4. The van der Waals surface area contributed by atoms with E-state index in [9.17, 15) is 10.2 Å². The highest BCUT2D eigenvalue weighted by molar-refractivity contribution is 8.14. The zero-order chi connectivity index (χ0) is 19.4. The Kier molecular flexibility index (Phi) is 5.08. The second-order valence-electron chi connectivity index (χ2n) is 8.85. The van der Waals surface area contributed by atoms with Crippen LogP contribution in [0.25, 0.3) is 0 Å². The van der Waals surface area contributed by atoms with Crippen LogP contribution in [-0.2, 0) is 0 Å². The Balaban J connectivity index is 1.37. The Morgan fingerprint density at radius 2 is 1.75 bits per heavy atom. The van der Waals surface area contributed by atoms with Gasteiger partial charge < -0.3 is 15.1 Å². The van der Waals surface area contributed by atoms with Gasteiger partial charge in [-0.3, -0.25) is 0 Å². The number of rotatable bonds is 2. The second-order valence-corrected chi connectivity index (χ2v) is 11.4. The van der Waals surface area contributed by atoms with Crippen molar-refractivity contribution >= 4 is 28.6 Å². The van der Waals surface area contributed by atoms with E-state index in [1.807, 2.05) is 35.7 Å². The highest BCUT2D eigenvalue weighted by Gasteiger charge is 2.42. The van der Waals surface area contributed by atoms with Crippen molar-refractivity contribution in [1.29, 1.82) is 0 Å². The lowest BCUT2D eigenvalue weighted by atomic mass is 9.86. The molecule has 28 heavy (non-hydrogen) atoms. The van der Waals surface area contributed by atoms with E-state index < -0.39 is 6.10 Å². The highest BCUT2D eigenvalue weighted by Crippen LogP contribution is 2.46. The van der Waals surface area contributed by atoms with Crippen LogP contribution in [0.3, 0.4) is 0 Å². The van der Waals surface area contributed by atoms with E-state index in [4.69, 9.17) is 0 Å². The molecule has 0 aromatic rings. The highest BCUT2D eigenvalue weighted by atomic mass is 32.2. The topological polar surface area (TPSA) is 49.5 Å². The largest absolute Gasteiger partial charge is 0.872 e. The summed E-state index contributed by atoms with van der Waals surface area (Å²) in [4.78, 5) is 2.34. The van der Waals surface area contributed by atoms with E-state index in [2.05, 4.69) is 23.6 Å². The maximum absolute atomic E-state index is 12.8. The lowest BCUT2D eigenvalue weighted by Crippen LogP contribution is -2.35. The zero-order valence-electron chi connectivity index (χ0n) is 16.8. The van der Waals surface area contributed by atoms with Gasteiger partial charge >= 0.3 is 0 Å². The van der Waals surface area contributed by atoms with Crippen LogP contribution in [0.15, 0.2) is 34.1 Å². The average Bonchev–Trinajstić information content (AvgIpc) is 3.21. The van der Waals surface area contributed by atoms with E-state index >= 15 is 0 Å². The van der Waals surface area contributed by atoms with Crippen molar-refractivity contribution < 1.29 is 14.8 Å². The minimum absolute atomic E-state index is 0.0280. The summed E-state index contributed by atoms with van der Waals surface area (Å²) < 4.78 is 2.34. The molecule has 1 N–H and O–H groups in total. The summed E-state index contributed by atoms with van der Waals surface area (Å²) in [7, 11) is 4.28. The van der Waals surface area contributed by atoms with Gasteiger partial charge in [-0.05, 0) is 54.7 Å². The lowest BCUT2D eigenvalue weighted by Gasteiger charge is -2.36. The van der Waals surface area contributed by atoms with Crippen molar-refractivity contribution in [3.8, 4) is 0 Å². The fourth-order valence-electron chi connectivity index (χ4n) is 5.45. The maximum Gasteiger partial charge on any atom is 0.235 e. The molecule has 6 heteroatoms. The van der Waals surface area contributed by atoms with Gasteiger partial charge in [0.15, 0.2) is 6.04 Å². The van der Waals surface area contributed by atoms with Crippen LogP contribution in [0.1, 0.15) is 51.4 Å². The molecule has 152 valence electrons. The standard InChI is InChI=1S/C22H30N2O2S2/c1-23-15-7-3-5-9-17(15)27-19(23)11-13-21(25)14(22(13)26)12-20-24(2)16-8-4-6-10-18(16)28-20/h11-12,15-18,21,25H,3-10H2,1-2H3. The molecular formula is C22H30N2O2S2. The van der Waals surface area contributed by atoms with E-state index in [-0.39, 0.29) is 5.76 Å². The number of hydrogen-bond acceptors (Lipinski definition) is 5. The molecule has 3 fully saturated rings. The Hall–Kier alpha value is -0.850. The molecule has 3 aliphatic carbocycles. The molecule has 5 rings (SSSR count). The summed E-state index contributed by atoms with van der Waals surface area (Å²) in [6, 6.07) is 1.19. The molecule has 5 aliphatic rings. The predicted molar refractivity (Wildman–Crippen MR) is 115 cm³/mol. The first-order valence-electron chi connectivity index (χ1n) is 10.7. The van der Waals surface area contributed by atoms with Gasteiger partial charge in [0, 0.05) is 30.8 Å². The molecular weight excluding hydrogens is 388 g/mol. The first-order chi connectivity index (χ1) is 13.5. The third kappa shape index (κ3) is 3.07. The van der Waals surface area contributed by atoms with Gasteiger partial charge in [0.25, 0.3) is 0 Å². The van der Waals surface area contributed by atoms with Gasteiger partial charge in [0.1, 0.15) is 13.2 Å². The quantitative estimate of drug-likeness (QED) is 0.699. The molecule has 2 heterocycles. The van der Waals surface area contributed by atoms with Crippen molar-refractivity contribution in [1.82, 2.24) is 4.90 Å². The Morgan fingerprint density at radius 3 is 2.46 bits per heavy atom. The van der Waals surface area contributed by atoms with Gasteiger partial charge in [-0.15, -0.1) is 11.8 Å². The van der Waals surface area contributed by atoms with E-state index in [0.717, 1.165) is 10.1 Å². The van der Waals surface area contributed by atoms with Gasteiger partial charge in [0.2, 0.25) is 5.04 Å². The predicted octanol–water partition coefficient (Wildman–Crippen LogP) is 2.83. The summed E-state index contributed by atoms with van der Waals surface area (Å²) in [5.41, 5.74) is 1.14. The van der Waals surface area contributed by atoms with Crippen molar-refractivity contribution in [3.63, 3.8) is 0 Å². The monoisotopic (exact) mass is 418 g/mol. The molecule has 4 nitrogen and oxygen atoms in total. The Bertz CT molecular complexity index is 800. The fourth-order valence-corrected chi connectivity index (χ4v) is 8.58. The maximum atomic E-state index is 12.8. The van der Waals surface area contributed by atoms with Crippen LogP contribution < -0.4 is 5.11 Å². The molecule has 0 spiro atoms. The summed E-state index contributed by atoms with van der Waals surface area (Å²) in [5.74, 6) is 0.0280. The van der Waals surface area contributed by atoms with Gasteiger partial charge in [-0.25, -0.2) is 4.58 Å². The third-order valence-corrected chi connectivity index (χ3v) is 10.2. The van der Waals surface area contributed by atoms with Crippen LogP contribution >= 0.6 is 23.5 Å². The minimum atomic E-state index is -0.735. The second kappa shape index (κ2) is 7.44. The number of hydrogen-bond donors (Lipinski definition) is 1. The van der Waals surface area contributed by atoms with E-state index in [0.29, 0.717) is 33.7 Å². The molecule has 2 saturated carbocycles. The molecule has 0 radical (unpaired) electrons. The van der Waals surface area contributed by atoms with Gasteiger partial charge in [-0.2, -0.15) is 0 Å². The summed E-state index contributed by atoms with van der Waals surface area (Å²) in [5, 5.41) is 27.1. The smallest absolute Gasteiger partial charge is 0.235 e. The summed E-state index contributed by atoms with van der Waals surface area (Å²) in [6.07, 6.45) is 13.4. The minimum Gasteiger partial charge on any atom is -0.872 e. The van der Waals surface area contributed by atoms with Crippen LogP contribution in [-0.4, -0.2) is 62.4 Å². The molecule has 0 aromatic heterocycles. The molecule has 1 saturated heterocycles. The van der Waals surface area contributed by atoms with Gasteiger partial charge in [0.05, 0.1) is 10.3 Å². The molecule has 5 atom stereocenters. The molecule has 5 unspecified atom stereocenters. The molecule has 2 aliphatic heterocycles. The number of nitrogens with zero attached hydrogens (tertiary/aromatic N) is 2. The fraction of sp³-hybridized carbons (Fsp3) is 0.682. The third-order valence-electron chi connectivity index (χ3n) is 7.24. The van der Waals surface area contributed by atoms with Crippen LogP contribution in [0.5, 0.6) is 0 Å².